The third-order valence-corrected chi connectivity index (χ3v) is 4.34. The monoisotopic (exact) mass is 372 g/mol. The summed E-state index contributed by atoms with van der Waals surface area (Å²) in [6.07, 6.45) is 0. The summed E-state index contributed by atoms with van der Waals surface area (Å²) in [5, 5.41) is 32.3. The molecule has 27 heavy (non-hydrogen) atoms. The van der Waals surface area contributed by atoms with E-state index < -0.39 is 17.1 Å². The maximum absolute atomic E-state index is 12.8. The molecule has 0 radical (unpaired) electrons. The number of hydrogen-bond acceptors (Lipinski definition) is 7. The van der Waals surface area contributed by atoms with Crippen LogP contribution in [0.15, 0.2) is 46.8 Å². The number of benzene rings is 1. The highest BCUT2D eigenvalue weighted by molar-refractivity contribution is 5.93. The Kier molecular flexibility index (Phi) is 6.71. The van der Waals surface area contributed by atoms with Crippen LogP contribution in [-0.2, 0) is 9.53 Å². The zero-order valence-corrected chi connectivity index (χ0v) is 15.9. The number of nitrogens with one attached hydrogen (secondary N) is 2. The number of carbonyl (C=O) groups is 1. The number of dihydropyridines is 1. The first-order valence-corrected chi connectivity index (χ1v) is 8.50. The fraction of sp³-hybridized carbons (Fsp3) is 0.368. The van der Waals surface area contributed by atoms with Gasteiger partial charge < -0.3 is 20.2 Å². The van der Waals surface area contributed by atoms with Crippen molar-refractivity contribution in [3.63, 3.8) is 0 Å². The zero-order chi connectivity index (χ0) is 20.1. The number of carbonyl (C=O) groups excluding carboxylic acids is 1. The molecule has 3 N–H and O–H groups in total. The third kappa shape index (κ3) is 4.72. The van der Waals surface area contributed by atoms with Gasteiger partial charge in [-0.25, -0.2) is 10.0 Å². The number of nitrogens with zero attached hydrogens (tertiary/aromatic N) is 2. The number of esters is 1. The van der Waals surface area contributed by atoms with Crippen LogP contribution in [0.4, 0.5) is 5.69 Å². The number of quaternary nitrogens is 1. The smallest absolute Gasteiger partial charge is 0.336 e. The Morgan fingerprint density at radius 3 is 2.70 bits per heavy atom. The molecule has 1 aliphatic heterocycles. The van der Waals surface area contributed by atoms with Crippen molar-refractivity contribution >= 4 is 11.7 Å². The predicted molar refractivity (Wildman–Crippen MR) is 98.6 cm³/mol. The molecule has 0 aromatic heterocycles. The van der Waals surface area contributed by atoms with Crippen LogP contribution in [0.25, 0.3) is 0 Å². The van der Waals surface area contributed by atoms with Crippen molar-refractivity contribution in [1.82, 2.24) is 10.2 Å². The third-order valence-electron chi connectivity index (χ3n) is 4.34. The summed E-state index contributed by atoms with van der Waals surface area (Å²) in [6, 6.07) is 8.44. The molecule has 1 aromatic carbocycles. The fourth-order valence-corrected chi connectivity index (χ4v) is 3.00. The molecule has 0 saturated heterocycles. The average molecular weight is 372 g/mol. The zero-order valence-electron chi connectivity index (χ0n) is 15.9. The van der Waals surface area contributed by atoms with Crippen molar-refractivity contribution in [3.05, 3.63) is 57.6 Å². The lowest BCUT2D eigenvalue weighted by molar-refractivity contribution is -0.991. The van der Waals surface area contributed by atoms with Crippen molar-refractivity contribution in [1.29, 1.82) is 5.26 Å². The molecule has 0 spiro atoms. The van der Waals surface area contributed by atoms with Crippen molar-refractivity contribution in [3.8, 4) is 6.07 Å². The molecule has 2 unspecified atom stereocenters. The SMILES string of the molecule is CC1=C(C#N)C(c2cccc([NH+]([O-])O)c2)C(C(=O)OCCN(C)C)=C(C)N1. The topological polar surface area (TPSA) is 113 Å². The highest BCUT2D eigenvalue weighted by atomic mass is 16.8. The lowest BCUT2D eigenvalue weighted by Crippen LogP contribution is -2.99. The first-order chi connectivity index (χ1) is 12.8. The Labute approximate surface area is 158 Å². The van der Waals surface area contributed by atoms with Crippen LogP contribution in [-0.4, -0.2) is 43.3 Å². The molecule has 0 fully saturated rings. The van der Waals surface area contributed by atoms with Gasteiger partial charge in [0.05, 0.1) is 23.1 Å². The minimum absolute atomic E-state index is 0.0963. The van der Waals surface area contributed by atoms with Gasteiger partial charge in [-0.05, 0) is 33.5 Å². The molecule has 1 aromatic rings. The summed E-state index contributed by atoms with van der Waals surface area (Å²) < 4.78 is 5.39. The molecular formula is C19H24N4O4. The molecule has 8 heteroatoms. The summed E-state index contributed by atoms with van der Waals surface area (Å²) >= 11 is 0. The molecule has 0 bridgehead atoms. The highest BCUT2D eigenvalue weighted by Gasteiger charge is 2.34. The minimum Gasteiger partial charge on any atom is -0.595 e. The van der Waals surface area contributed by atoms with Gasteiger partial charge in [-0.2, -0.15) is 10.5 Å². The number of ether oxygens (including phenoxy) is 1. The normalized spacial score (nSPS) is 18.2. The summed E-state index contributed by atoms with van der Waals surface area (Å²) in [6.45, 7) is 4.29. The average Bonchev–Trinajstić information content (AvgIpc) is 2.60. The second kappa shape index (κ2) is 8.79. The number of nitriles is 1. The summed E-state index contributed by atoms with van der Waals surface area (Å²) in [7, 11) is 3.75. The van der Waals surface area contributed by atoms with Gasteiger partial charge in [-0.3, -0.25) is 0 Å². The largest absolute Gasteiger partial charge is 0.595 e. The highest BCUT2D eigenvalue weighted by Crippen LogP contribution is 2.38. The first-order valence-electron chi connectivity index (χ1n) is 8.50. The van der Waals surface area contributed by atoms with Gasteiger partial charge in [0.1, 0.15) is 6.61 Å². The molecule has 1 heterocycles. The van der Waals surface area contributed by atoms with Gasteiger partial charge in [0.25, 0.3) is 0 Å². The Balaban J connectivity index is 2.46. The standard InChI is InChI=1S/C19H24N4O4/c1-12-16(11-20)18(14-6-5-7-15(10-14)23(25)26)17(13(2)21-12)19(24)27-9-8-22(3)4/h5-7,10,18,21,23,25H,8-9H2,1-4H3. The van der Waals surface area contributed by atoms with Crippen LogP contribution in [0.3, 0.4) is 0 Å². The van der Waals surface area contributed by atoms with E-state index >= 15 is 0 Å². The van der Waals surface area contributed by atoms with Gasteiger partial charge in [0.2, 0.25) is 0 Å². The van der Waals surface area contributed by atoms with E-state index in [0.29, 0.717) is 34.6 Å². The second-order valence-corrected chi connectivity index (χ2v) is 6.62. The minimum atomic E-state index is -1.07. The Bertz CT molecular complexity index is 821. The molecule has 2 rings (SSSR count). The Morgan fingerprint density at radius 1 is 1.41 bits per heavy atom. The summed E-state index contributed by atoms with van der Waals surface area (Å²) in [4.78, 5) is 14.7. The van der Waals surface area contributed by atoms with Crippen molar-refractivity contribution < 1.29 is 20.0 Å². The second-order valence-electron chi connectivity index (χ2n) is 6.62. The molecule has 144 valence electrons. The van der Waals surface area contributed by atoms with Crippen molar-refractivity contribution in [2.75, 3.05) is 27.2 Å². The van der Waals surface area contributed by atoms with E-state index in [1.807, 2.05) is 19.0 Å². The van der Waals surface area contributed by atoms with E-state index in [-0.39, 0.29) is 12.3 Å². The van der Waals surface area contributed by atoms with Crippen molar-refractivity contribution in [2.24, 2.45) is 0 Å². The van der Waals surface area contributed by atoms with Crippen molar-refractivity contribution in [2.45, 2.75) is 19.8 Å². The molecular weight excluding hydrogens is 348 g/mol. The van der Waals surface area contributed by atoms with E-state index in [9.17, 15) is 20.5 Å². The quantitative estimate of drug-likeness (QED) is 0.503. The van der Waals surface area contributed by atoms with Crippen LogP contribution < -0.4 is 10.5 Å². The maximum atomic E-state index is 12.8. The van der Waals surface area contributed by atoms with Gasteiger partial charge in [-0.15, -0.1) is 0 Å². The van der Waals surface area contributed by atoms with E-state index in [0.717, 1.165) is 0 Å². The lowest BCUT2D eigenvalue weighted by atomic mass is 9.81. The van der Waals surface area contributed by atoms with Crippen LogP contribution in [0.5, 0.6) is 0 Å². The molecule has 2 atom stereocenters. The fourth-order valence-electron chi connectivity index (χ4n) is 3.00. The summed E-state index contributed by atoms with van der Waals surface area (Å²) in [5.41, 5.74) is 2.56. The van der Waals surface area contributed by atoms with Gasteiger partial charge >= 0.3 is 5.97 Å². The number of allylic oxidation sites excluding steroid dienone is 3. The van der Waals surface area contributed by atoms with Gasteiger partial charge in [-0.1, -0.05) is 12.1 Å². The van der Waals surface area contributed by atoms with E-state index in [1.54, 1.807) is 26.0 Å². The van der Waals surface area contributed by atoms with Crippen LogP contribution in [0.1, 0.15) is 25.3 Å². The Hall–Kier alpha value is -2.70. The predicted octanol–water partition coefficient (Wildman–Crippen LogP) is 0.953. The van der Waals surface area contributed by atoms with E-state index in [4.69, 9.17) is 4.74 Å². The number of hydrogen-bond donors (Lipinski definition) is 3. The van der Waals surface area contributed by atoms with Crippen LogP contribution in [0.2, 0.25) is 0 Å². The summed E-state index contributed by atoms with van der Waals surface area (Å²) in [5.74, 6) is -1.20. The molecule has 0 amide bonds. The maximum Gasteiger partial charge on any atom is 0.336 e. The molecule has 1 aliphatic rings. The van der Waals surface area contributed by atoms with E-state index in [2.05, 4.69) is 11.4 Å². The molecule has 0 aliphatic carbocycles. The first kappa shape index (κ1) is 20.6. The van der Waals surface area contributed by atoms with E-state index in [1.165, 1.54) is 12.1 Å². The number of rotatable bonds is 6. The van der Waals surface area contributed by atoms with Gasteiger partial charge in [0, 0.05) is 30.1 Å². The van der Waals surface area contributed by atoms with Gasteiger partial charge in [0.15, 0.2) is 5.69 Å². The molecule has 0 saturated carbocycles. The van der Waals surface area contributed by atoms with Crippen LogP contribution >= 0.6 is 0 Å². The Morgan fingerprint density at radius 2 is 2.11 bits per heavy atom. The van der Waals surface area contributed by atoms with Crippen LogP contribution in [0, 0.1) is 16.5 Å². The number of likely N-dealkylation sites (N-methyl/N-ethyl adjacent to an activating group) is 1. The molecule has 8 nitrogen and oxygen atoms in total. The lowest BCUT2D eigenvalue weighted by Gasteiger charge is -2.29.